The summed E-state index contributed by atoms with van der Waals surface area (Å²) in [4.78, 5) is 0. The van der Waals surface area contributed by atoms with E-state index in [2.05, 4.69) is 5.32 Å². The van der Waals surface area contributed by atoms with Crippen LogP contribution < -0.4 is 14.8 Å². The molecule has 0 unspecified atom stereocenters. The first-order chi connectivity index (χ1) is 13.2. The number of ether oxygens (including phenoxy) is 2. The van der Waals surface area contributed by atoms with E-state index in [1.54, 1.807) is 18.2 Å². The van der Waals surface area contributed by atoms with E-state index in [0.717, 1.165) is 11.3 Å². The fraction of sp³-hybridized carbons (Fsp3) is 0.182. The van der Waals surface area contributed by atoms with E-state index in [9.17, 15) is 4.39 Å². The number of nitrogens with one attached hydrogen (secondary N) is 1. The summed E-state index contributed by atoms with van der Waals surface area (Å²) in [6.45, 7) is 3.04. The van der Waals surface area contributed by atoms with Crippen molar-refractivity contribution in [2.75, 3.05) is 11.9 Å². The summed E-state index contributed by atoms with van der Waals surface area (Å²) < 4.78 is 25.3. The summed E-state index contributed by atoms with van der Waals surface area (Å²) in [7, 11) is 0. The summed E-state index contributed by atoms with van der Waals surface area (Å²) in [6, 6.07) is 20.1. The van der Waals surface area contributed by atoms with E-state index in [0.29, 0.717) is 35.2 Å². The van der Waals surface area contributed by atoms with Gasteiger partial charge >= 0.3 is 0 Å². The molecule has 0 saturated carbocycles. The Morgan fingerprint density at radius 3 is 2.44 bits per heavy atom. The Labute approximate surface area is 163 Å². The number of hydrogen-bond donors (Lipinski definition) is 1. The van der Waals surface area contributed by atoms with Crippen molar-refractivity contribution in [3.8, 4) is 11.5 Å². The highest BCUT2D eigenvalue weighted by molar-refractivity contribution is 6.32. The number of benzene rings is 3. The lowest BCUT2D eigenvalue weighted by atomic mass is 10.2. The van der Waals surface area contributed by atoms with Crippen LogP contribution >= 0.6 is 11.6 Å². The average molecular weight is 386 g/mol. The minimum absolute atomic E-state index is 0.0775. The molecule has 0 aliphatic heterocycles. The van der Waals surface area contributed by atoms with Crippen LogP contribution in [0.15, 0.2) is 66.7 Å². The predicted octanol–water partition coefficient (Wildman–Crippen LogP) is 6.07. The second-order valence-corrected chi connectivity index (χ2v) is 6.34. The largest absolute Gasteiger partial charge is 0.490 e. The zero-order valence-electron chi connectivity index (χ0n) is 15.0. The number of rotatable bonds is 8. The molecule has 3 aromatic rings. The molecule has 0 atom stereocenters. The van der Waals surface area contributed by atoms with Gasteiger partial charge in [-0.15, -0.1) is 0 Å². The first kappa shape index (κ1) is 19.1. The molecule has 0 radical (unpaired) electrons. The van der Waals surface area contributed by atoms with E-state index in [4.69, 9.17) is 21.1 Å². The highest BCUT2D eigenvalue weighted by Crippen LogP contribution is 2.37. The average Bonchev–Trinajstić information content (AvgIpc) is 2.68. The second-order valence-electron chi connectivity index (χ2n) is 5.94. The monoisotopic (exact) mass is 385 g/mol. The second kappa shape index (κ2) is 9.28. The van der Waals surface area contributed by atoms with Crippen molar-refractivity contribution in [3.05, 3.63) is 88.7 Å². The predicted molar refractivity (Wildman–Crippen MR) is 107 cm³/mol. The number of hydrogen-bond acceptors (Lipinski definition) is 3. The fourth-order valence-electron chi connectivity index (χ4n) is 2.65. The summed E-state index contributed by atoms with van der Waals surface area (Å²) in [5, 5.41) is 3.77. The quantitative estimate of drug-likeness (QED) is 0.510. The number of halogens is 2. The molecule has 0 saturated heterocycles. The van der Waals surface area contributed by atoms with Gasteiger partial charge in [-0.25, -0.2) is 4.39 Å². The van der Waals surface area contributed by atoms with Crippen LogP contribution in [0.3, 0.4) is 0 Å². The summed E-state index contributed by atoms with van der Waals surface area (Å²) in [6.07, 6.45) is 0. The van der Waals surface area contributed by atoms with Crippen molar-refractivity contribution in [1.29, 1.82) is 0 Å². The first-order valence-electron chi connectivity index (χ1n) is 8.77. The third-order valence-corrected chi connectivity index (χ3v) is 4.25. The Balaban J connectivity index is 1.76. The molecule has 3 rings (SSSR count). The minimum Gasteiger partial charge on any atom is -0.490 e. The van der Waals surface area contributed by atoms with Gasteiger partial charge in [0.15, 0.2) is 11.5 Å². The third-order valence-electron chi connectivity index (χ3n) is 3.97. The van der Waals surface area contributed by atoms with Crippen LogP contribution in [0.5, 0.6) is 11.5 Å². The Morgan fingerprint density at radius 2 is 1.70 bits per heavy atom. The molecule has 5 heteroatoms. The van der Waals surface area contributed by atoms with E-state index in [1.807, 2.05) is 49.4 Å². The Bertz CT molecular complexity index is 887. The van der Waals surface area contributed by atoms with Crippen molar-refractivity contribution in [3.63, 3.8) is 0 Å². The van der Waals surface area contributed by atoms with E-state index < -0.39 is 0 Å². The van der Waals surface area contributed by atoms with Crippen LogP contribution in [0.4, 0.5) is 10.1 Å². The van der Waals surface area contributed by atoms with Crippen LogP contribution in [0, 0.1) is 5.82 Å². The Hall–Kier alpha value is -2.72. The molecule has 1 N–H and O–H groups in total. The molecular weight excluding hydrogens is 365 g/mol. The van der Waals surface area contributed by atoms with Crippen LogP contribution in [-0.2, 0) is 13.2 Å². The standard InChI is InChI=1S/C22H21ClFNO2/c1-2-26-21-13-16(14-25-18-9-4-3-5-10-18)12-19(23)22(21)27-15-17-8-6-7-11-20(17)24/h3-13,25H,2,14-15H2,1H3. The topological polar surface area (TPSA) is 30.5 Å². The van der Waals surface area contributed by atoms with Crippen LogP contribution in [0.25, 0.3) is 0 Å². The molecular formula is C22H21ClFNO2. The summed E-state index contributed by atoms with van der Waals surface area (Å²) >= 11 is 6.43. The molecule has 0 aliphatic rings. The Kier molecular flexibility index (Phi) is 6.55. The molecule has 27 heavy (non-hydrogen) atoms. The maximum atomic E-state index is 13.8. The van der Waals surface area contributed by atoms with Gasteiger partial charge in [-0.2, -0.15) is 0 Å². The van der Waals surface area contributed by atoms with E-state index in [-0.39, 0.29) is 12.4 Å². The van der Waals surface area contributed by atoms with Gasteiger partial charge in [-0.05, 0) is 42.8 Å². The van der Waals surface area contributed by atoms with Gasteiger partial charge < -0.3 is 14.8 Å². The van der Waals surface area contributed by atoms with Gasteiger partial charge in [0.05, 0.1) is 11.6 Å². The lowest BCUT2D eigenvalue weighted by molar-refractivity contribution is 0.266. The highest BCUT2D eigenvalue weighted by atomic mass is 35.5. The highest BCUT2D eigenvalue weighted by Gasteiger charge is 2.14. The smallest absolute Gasteiger partial charge is 0.180 e. The molecule has 0 bridgehead atoms. The molecule has 0 aromatic heterocycles. The molecule has 140 valence electrons. The van der Waals surface area contributed by atoms with Crippen molar-refractivity contribution in [2.24, 2.45) is 0 Å². The molecule has 0 fully saturated rings. The third kappa shape index (κ3) is 5.14. The number of anilines is 1. The van der Waals surface area contributed by atoms with Crippen molar-refractivity contribution in [1.82, 2.24) is 0 Å². The molecule has 0 heterocycles. The van der Waals surface area contributed by atoms with Gasteiger partial charge in [0, 0.05) is 17.8 Å². The van der Waals surface area contributed by atoms with Crippen molar-refractivity contribution in [2.45, 2.75) is 20.1 Å². The van der Waals surface area contributed by atoms with Crippen molar-refractivity contribution >= 4 is 17.3 Å². The SMILES string of the molecule is CCOc1cc(CNc2ccccc2)cc(Cl)c1OCc1ccccc1F. The van der Waals surface area contributed by atoms with Crippen LogP contribution in [-0.4, -0.2) is 6.61 Å². The van der Waals surface area contributed by atoms with E-state index in [1.165, 1.54) is 6.07 Å². The van der Waals surface area contributed by atoms with Crippen molar-refractivity contribution < 1.29 is 13.9 Å². The summed E-state index contributed by atoms with van der Waals surface area (Å²) in [5.74, 6) is 0.659. The lowest BCUT2D eigenvalue weighted by Gasteiger charge is -2.16. The lowest BCUT2D eigenvalue weighted by Crippen LogP contribution is -2.04. The van der Waals surface area contributed by atoms with Gasteiger partial charge in [0.1, 0.15) is 12.4 Å². The maximum absolute atomic E-state index is 13.8. The normalized spacial score (nSPS) is 10.5. The maximum Gasteiger partial charge on any atom is 0.180 e. The number of para-hydroxylation sites is 1. The molecule has 0 amide bonds. The Morgan fingerprint density at radius 1 is 0.963 bits per heavy atom. The van der Waals surface area contributed by atoms with Gasteiger partial charge in [0.2, 0.25) is 0 Å². The van der Waals surface area contributed by atoms with Gasteiger partial charge in [0.25, 0.3) is 0 Å². The minimum atomic E-state index is -0.310. The molecule has 0 aliphatic carbocycles. The van der Waals surface area contributed by atoms with Crippen LogP contribution in [0.1, 0.15) is 18.1 Å². The zero-order chi connectivity index (χ0) is 19.1. The zero-order valence-corrected chi connectivity index (χ0v) is 15.8. The molecule has 0 spiro atoms. The molecule has 3 aromatic carbocycles. The first-order valence-corrected chi connectivity index (χ1v) is 9.15. The van der Waals surface area contributed by atoms with E-state index >= 15 is 0 Å². The summed E-state index contributed by atoms with van der Waals surface area (Å²) in [5.41, 5.74) is 2.45. The van der Waals surface area contributed by atoms with Gasteiger partial charge in [-0.1, -0.05) is 48.0 Å². The molecule has 3 nitrogen and oxygen atoms in total. The van der Waals surface area contributed by atoms with Crippen LogP contribution in [0.2, 0.25) is 5.02 Å². The van der Waals surface area contributed by atoms with Gasteiger partial charge in [-0.3, -0.25) is 0 Å². The fourth-order valence-corrected chi connectivity index (χ4v) is 2.94.